The van der Waals surface area contributed by atoms with Gasteiger partial charge in [-0.1, -0.05) is 6.07 Å². The smallest absolute Gasteiger partial charge is 0.410 e. The lowest BCUT2D eigenvalue weighted by Gasteiger charge is -2.44. The Morgan fingerprint density at radius 1 is 1.16 bits per heavy atom. The molecule has 1 fully saturated rings. The molecule has 1 spiro atoms. The summed E-state index contributed by atoms with van der Waals surface area (Å²) in [5, 5.41) is 9.47. The van der Waals surface area contributed by atoms with Crippen molar-refractivity contribution in [1.82, 2.24) is 9.62 Å². The first-order valence-electron chi connectivity index (χ1n) is 10.7. The van der Waals surface area contributed by atoms with Crippen LogP contribution in [0.15, 0.2) is 18.2 Å². The molecule has 1 aliphatic carbocycles. The second-order valence-electron chi connectivity index (χ2n) is 10.7. The van der Waals surface area contributed by atoms with Crippen molar-refractivity contribution in [1.29, 1.82) is 0 Å². The lowest BCUT2D eigenvalue weighted by Crippen LogP contribution is -2.49. The van der Waals surface area contributed by atoms with Crippen LogP contribution in [-0.4, -0.2) is 49.7 Å². The molecule has 1 aromatic rings. The van der Waals surface area contributed by atoms with E-state index in [4.69, 9.17) is 4.74 Å². The normalized spacial score (nSPS) is 21.6. The van der Waals surface area contributed by atoms with Gasteiger partial charge in [-0.25, -0.2) is 18.5 Å². The summed E-state index contributed by atoms with van der Waals surface area (Å²) >= 11 is 0. The predicted octanol–water partition coefficient (Wildman–Crippen LogP) is 4.05. The van der Waals surface area contributed by atoms with Crippen molar-refractivity contribution in [3.8, 4) is 0 Å². The van der Waals surface area contributed by atoms with E-state index >= 15 is 0 Å². The molecule has 3 rings (SSSR count). The van der Waals surface area contributed by atoms with E-state index in [1.807, 2.05) is 47.6 Å². The van der Waals surface area contributed by atoms with Crippen molar-refractivity contribution < 1.29 is 23.6 Å². The van der Waals surface area contributed by atoms with Gasteiger partial charge in [-0.05, 0) is 89.5 Å². The van der Waals surface area contributed by atoms with Gasteiger partial charge in [0.2, 0.25) is 0 Å². The largest absolute Gasteiger partial charge is 0.478 e. The van der Waals surface area contributed by atoms with E-state index in [0.717, 1.165) is 30.4 Å². The van der Waals surface area contributed by atoms with Crippen LogP contribution in [0, 0.1) is 5.41 Å². The van der Waals surface area contributed by atoms with Crippen molar-refractivity contribution in [3.05, 3.63) is 34.9 Å². The van der Waals surface area contributed by atoms with Crippen molar-refractivity contribution in [2.45, 2.75) is 77.2 Å². The summed E-state index contributed by atoms with van der Waals surface area (Å²) in [7, 11) is -1.31. The molecule has 0 unspecified atom stereocenters. The predicted molar refractivity (Wildman–Crippen MR) is 120 cm³/mol. The van der Waals surface area contributed by atoms with Crippen LogP contribution in [0.25, 0.3) is 0 Å². The highest BCUT2D eigenvalue weighted by Crippen LogP contribution is 2.52. The second-order valence-corrected chi connectivity index (χ2v) is 12.7. The number of nitrogens with zero attached hydrogens (tertiary/aromatic N) is 1. The molecule has 0 bridgehead atoms. The maximum absolute atomic E-state index is 13.0. The minimum atomic E-state index is -1.31. The molecule has 172 valence electrons. The number of hydrogen-bond acceptors (Lipinski definition) is 4. The van der Waals surface area contributed by atoms with Crippen molar-refractivity contribution in [2.24, 2.45) is 5.41 Å². The summed E-state index contributed by atoms with van der Waals surface area (Å²) in [6.07, 6.45) is 1.91. The molecule has 0 aromatic heterocycles. The third-order valence-corrected chi connectivity index (χ3v) is 7.61. The lowest BCUT2D eigenvalue weighted by molar-refractivity contribution is 0.00721. The number of rotatable bonds is 3. The number of benzene rings is 1. The zero-order valence-corrected chi connectivity index (χ0v) is 20.1. The Morgan fingerprint density at radius 3 is 2.29 bits per heavy atom. The van der Waals surface area contributed by atoms with Crippen LogP contribution in [0.3, 0.4) is 0 Å². The van der Waals surface area contributed by atoms with Gasteiger partial charge in [0, 0.05) is 13.1 Å². The Balaban J connectivity index is 1.87. The maximum Gasteiger partial charge on any atom is 0.410 e. The minimum absolute atomic E-state index is 0.223. The van der Waals surface area contributed by atoms with E-state index < -0.39 is 27.3 Å². The van der Waals surface area contributed by atoms with E-state index in [2.05, 4.69) is 4.72 Å². The Kier molecular flexibility index (Phi) is 6.28. The molecule has 1 aromatic carbocycles. The Bertz CT molecular complexity index is 892. The fourth-order valence-corrected chi connectivity index (χ4v) is 5.31. The Hall–Kier alpha value is -1.93. The average molecular weight is 451 g/mol. The van der Waals surface area contributed by atoms with Crippen LogP contribution < -0.4 is 4.72 Å². The maximum atomic E-state index is 13.0. The quantitative estimate of drug-likeness (QED) is 0.724. The highest BCUT2D eigenvalue weighted by atomic mass is 32.2. The molecule has 2 N–H and O–H groups in total. The number of carboxylic acids is 1. The first-order valence-corrected chi connectivity index (χ1v) is 11.9. The molecule has 0 saturated carbocycles. The number of carboxylic acid groups (broad SMARTS) is 1. The molecule has 1 amide bonds. The Morgan fingerprint density at radius 2 is 1.77 bits per heavy atom. The SMILES string of the molecule is CC(C)(C)OC(=O)N1CCC2(CC1)Cc1ccc(C(=O)O)cc1[C@H]2N[S@](=O)C(C)(C)C. The van der Waals surface area contributed by atoms with Gasteiger partial charge in [0.25, 0.3) is 0 Å². The van der Waals surface area contributed by atoms with Gasteiger partial charge in [0.1, 0.15) is 5.60 Å². The molecule has 31 heavy (non-hydrogen) atoms. The first-order chi connectivity index (χ1) is 14.2. The standard InChI is InChI=1S/C23H34N2O5S/c1-21(2,3)30-20(28)25-11-9-23(10-12-25)14-16-8-7-15(19(26)27)13-17(16)18(23)24-31(29)22(4,5)6/h7-8,13,18,24H,9-12,14H2,1-6H3,(H,26,27)/t18-,31-/m1/s1. The lowest BCUT2D eigenvalue weighted by atomic mass is 9.73. The molecule has 2 aliphatic rings. The van der Waals surface area contributed by atoms with Crippen LogP contribution in [-0.2, 0) is 22.1 Å². The zero-order chi connectivity index (χ0) is 23.2. The number of carbonyl (C=O) groups excluding carboxylic acids is 1. The van der Waals surface area contributed by atoms with Gasteiger partial charge in [0.05, 0.1) is 27.3 Å². The second kappa shape index (κ2) is 8.20. The number of hydrogen-bond donors (Lipinski definition) is 2. The topological polar surface area (TPSA) is 95.9 Å². The van der Waals surface area contributed by atoms with E-state index in [-0.39, 0.29) is 23.1 Å². The fraction of sp³-hybridized carbons (Fsp3) is 0.652. The van der Waals surface area contributed by atoms with Crippen molar-refractivity contribution >= 4 is 23.0 Å². The summed E-state index contributed by atoms with van der Waals surface area (Å²) in [5.74, 6) is -0.973. The third-order valence-electron chi connectivity index (χ3n) is 6.05. The van der Waals surface area contributed by atoms with Crippen LogP contribution in [0.5, 0.6) is 0 Å². The number of carbonyl (C=O) groups is 2. The van der Waals surface area contributed by atoms with Crippen LogP contribution in [0.4, 0.5) is 4.79 Å². The molecular weight excluding hydrogens is 416 g/mol. The monoisotopic (exact) mass is 450 g/mol. The molecular formula is C23H34N2O5S. The van der Waals surface area contributed by atoms with E-state index in [0.29, 0.717) is 13.1 Å². The molecule has 7 nitrogen and oxygen atoms in total. The van der Waals surface area contributed by atoms with Gasteiger partial charge >= 0.3 is 12.1 Å². The number of fused-ring (bicyclic) bond motifs is 1. The summed E-state index contributed by atoms with van der Waals surface area (Å²) < 4.78 is 21.4. The van der Waals surface area contributed by atoms with Gasteiger partial charge < -0.3 is 14.7 Å². The molecule has 0 radical (unpaired) electrons. The van der Waals surface area contributed by atoms with Crippen molar-refractivity contribution in [2.75, 3.05) is 13.1 Å². The number of nitrogens with one attached hydrogen (secondary N) is 1. The number of piperidine rings is 1. The van der Waals surface area contributed by atoms with Gasteiger partial charge in [-0.3, -0.25) is 0 Å². The highest BCUT2D eigenvalue weighted by molar-refractivity contribution is 7.84. The summed E-state index contributed by atoms with van der Waals surface area (Å²) in [4.78, 5) is 25.8. The summed E-state index contributed by atoms with van der Waals surface area (Å²) in [6, 6.07) is 4.99. The van der Waals surface area contributed by atoms with Crippen LogP contribution in [0.1, 0.15) is 81.9 Å². The van der Waals surface area contributed by atoms with Crippen LogP contribution >= 0.6 is 0 Å². The molecule has 1 aliphatic heterocycles. The fourth-order valence-electron chi connectivity index (χ4n) is 4.37. The molecule has 8 heteroatoms. The first kappa shape index (κ1) is 23.7. The van der Waals surface area contributed by atoms with Gasteiger partial charge in [-0.15, -0.1) is 0 Å². The van der Waals surface area contributed by atoms with E-state index in [9.17, 15) is 18.9 Å². The zero-order valence-electron chi connectivity index (χ0n) is 19.3. The number of likely N-dealkylation sites (tertiary alicyclic amines) is 1. The highest BCUT2D eigenvalue weighted by Gasteiger charge is 2.49. The summed E-state index contributed by atoms with van der Waals surface area (Å²) in [5.41, 5.74) is 1.45. The molecule has 1 heterocycles. The third kappa shape index (κ3) is 5.12. The minimum Gasteiger partial charge on any atom is -0.478 e. The van der Waals surface area contributed by atoms with Gasteiger partial charge in [-0.2, -0.15) is 0 Å². The average Bonchev–Trinajstić information content (AvgIpc) is 2.92. The number of amides is 1. The molecule has 1 saturated heterocycles. The van der Waals surface area contributed by atoms with Gasteiger partial charge in [0.15, 0.2) is 0 Å². The van der Waals surface area contributed by atoms with E-state index in [1.54, 1.807) is 17.0 Å². The van der Waals surface area contributed by atoms with E-state index in [1.165, 1.54) is 0 Å². The summed E-state index contributed by atoms with van der Waals surface area (Å²) in [6.45, 7) is 12.4. The number of aromatic carboxylic acids is 1. The molecule has 2 atom stereocenters. The Labute approximate surface area is 187 Å². The number of ether oxygens (including phenoxy) is 1. The van der Waals surface area contributed by atoms with Crippen molar-refractivity contribution in [3.63, 3.8) is 0 Å². The van der Waals surface area contributed by atoms with Crippen LogP contribution in [0.2, 0.25) is 0 Å².